The molecule has 3 nitrogen and oxygen atoms in total. The Morgan fingerprint density at radius 1 is 1.37 bits per heavy atom. The summed E-state index contributed by atoms with van der Waals surface area (Å²) in [6.07, 6.45) is 0. The summed E-state index contributed by atoms with van der Waals surface area (Å²) in [5.74, 6) is -0.312. The zero-order valence-electron chi connectivity index (χ0n) is 10.7. The molecular weight excluding hydrogens is 320 g/mol. The Kier molecular flexibility index (Phi) is 6.21. The Hall–Kier alpha value is -1.17. The van der Waals surface area contributed by atoms with Crippen molar-refractivity contribution >= 4 is 21.8 Å². The maximum absolute atomic E-state index is 12.3. The van der Waals surface area contributed by atoms with Crippen LogP contribution >= 0.6 is 15.9 Å². The van der Waals surface area contributed by atoms with Gasteiger partial charge >= 0.3 is 6.61 Å². The van der Waals surface area contributed by atoms with Crippen LogP contribution in [-0.2, 0) is 0 Å². The second-order valence-electron chi connectivity index (χ2n) is 4.35. The van der Waals surface area contributed by atoms with E-state index in [1.807, 2.05) is 13.8 Å². The third-order valence-electron chi connectivity index (χ3n) is 2.64. The molecule has 1 atom stereocenters. The minimum absolute atomic E-state index is 0.0768. The van der Waals surface area contributed by atoms with E-state index in [2.05, 4.69) is 26.0 Å². The van der Waals surface area contributed by atoms with Crippen molar-refractivity contribution in [2.45, 2.75) is 26.5 Å². The van der Waals surface area contributed by atoms with E-state index >= 15 is 0 Å². The molecule has 1 N–H and O–H groups in total. The summed E-state index contributed by atoms with van der Waals surface area (Å²) in [5, 5.41) is 3.38. The first-order chi connectivity index (χ1) is 8.95. The fourth-order valence-corrected chi connectivity index (χ4v) is 2.39. The third kappa shape index (κ3) is 4.78. The van der Waals surface area contributed by atoms with Crippen LogP contribution in [0.5, 0.6) is 5.75 Å². The number of halogens is 3. The first-order valence-corrected chi connectivity index (χ1v) is 6.98. The van der Waals surface area contributed by atoms with Gasteiger partial charge in [-0.25, -0.2) is 0 Å². The minimum atomic E-state index is -2.95. The van der Waals surface area contributed by atoms with Crippen molar-refractivity contribution in [1.29, 1.82) is 0 Å². The van der Waals surface area contributed by atoms with Gasteiger partial charge in [-0.2, -0.15) is 8.78 Å². The molecule has 0 aromatic heterocycles. The van der Waals surface area contributed by atoms with Gasteiger partial charge in [0, 0.05) is 11.4 Å². The first-order valence-electron chi connectivity index (χ1n) is 5.86. The lowest BCUT2D eigenvalue weighted by Gasteiger charge is -2.20. The van der Waals surface area contributed by atoms with Gasteiger partial charge in [0.05, 0.1) is 5.56 Å². The molecule has 0 fully saturated rings. The lowest BCUT2D eigenvalue weighted by molar-refractivity contribution is -0.0501. The first kappa shape index (κ1) is 15.9. The molecule has 0 aliphatic heterocycles. The molecule has 0 aliphatic carbocycles. The van der Waals surface area contributed by atoms with Crippen molar-refractivity contribution in [3.63, 3.8) is 0 Å². The van der Waals surface area contributed by atoms with Crippen molar-refractivity contribution in [2.24, 2.45) is 5.92 Å². The van der Waals surface area contributed by atoms with Crippen molar-refractivity contribution in [2.75, 3.05) is 5.33 Å². The second kappa shape index (κ2) is 7.43. The summed E-state index contributed by atoms with van der Waals surface area (Å²) >= 11 is 3.31. The van der Waals surface area contributed by atoms with E-state index in [-0.39, 0.29) is 23.3 Å². The largest absolute Gasteiger partial charge is 0.434 e. The summed E-state index contributed by atoms with van der Waals surface area (Å²) < 4.78 is 28.9. The quantitative estimate of drug-likeness (QED) is 0.809. The van der Waals surface area contributed by atoms with Crippen molar-refractivity contribution in [3.05, 3.63) is 29.8 Å². The number of para-hydroxylation sites is 1. The van der Waals surface area contributed by atoms with Gasteiger partial charge in [0.15, 0.2) is 0 Å². The molecule has 0 spiro atoms. The van der Waals surface area contributed by atoms with E-state index in [0.717, 1.165) is 0 Å². The van der Waals surface area contributed by atoms with Crippen LogP contribution in [-0.4, -0.2) is 23.9 Å². The number of rotatable bonds is 6. The van der Waals surface area contributed by atoms with E-state index < -0.39 is 12.5 Å². The number of carbonyl (C=O) groups is 1. The summed E-state index contributed by atoms with van der Waals surface area (Å²) in [5.41, 5.74) is 0.106. The molecule has 0 radical (unpaired) electrons. The van der Waals surface area contributed by atoms with Gasteiger partial charge in [-0.1, -0.05) is 41.9 Å². The summed E-state index contributed by atoms with van der Waals surface area (Å²) in [7, 11) is 0. The zero-order chi connectivity index (χ0) is 14.4. The Morgan fingerprint density at radius 3 is 2.53 bits per heavy atom. The highest BCUT2D eigenvalue weighted by molar-refractivity contribution is 9.09. The van der Waals surface area contributed by atoms with Crippen LogP contribution < -0.4 is 10.1 Å². The number of alkyl halides is 3. The molecule has 0 bridgehead atoms. The molecule has 1 amide bonds. The van der Waals surface area contributed by atoms with Gasteiger partial charge in [0.25, 0.3) is 5.91 Å². The summed E-state index contributed by atoms with van der Waals surface area (Å²) in [4.78, 5) is 12.1. The number of hydrogen-bond acceptors (Lipinski definition) is 2. The third-order valence-corrected chi connectivity index (χ3v) is 3.33. The lowest BCUT2D eigenvalue weighted by Crippen LogP contribution is -2.39. The molecule has 1 rings (SSSR count). The molecular formula is C13H16BrF2NO2. The molecule has 0 aliphatic rings. The van der Waals surface area contributed by atoms with Crippen LogP contribution in [0.25, 0.3) is 0 Å². The molecule has 1 aromatic carbocycles. The van der Waals surface area contributed by atoms with Gasteiger partial charge < -0.3 is 10.1 Å². The Balaban J connectivity index is 2.87. The average Bonchev–Trinajstić information content (AvgIpc) is 2.35. The predicted octanol–water partition coefficient (Wildman–Crippen LogP) is 3.44. The van der Waals surface area contributed by atoms with Crippen LogP contribution in [0.4, 0.5) is 8.78 Å². The Labute approximate surface area is 119 Å². The topological polar surface area (TPSA) is 38.3 Å². The van der Waals surface area contributed by atoms with Crippen LogP contribution in [0.3, 0.4) is 0 Å². The van der Waals surface area contributed by atoms with Crippen LogP contribution in [0.1, 0.15) is 24.2 Å². The Morgan fingerprint density at radius 2 is 2.00 bits per heavy atom. The highest BCUT2D eigenvalue weighted by atomic mass is 79.9. The second-order valence-corrected chi connectivity index (χ2v) is 5.00. The Bertz CT molecular complexity index is 427. The predicted molar refractivity (Wildman–Crippen MR) is 73.0 cm³/mol. The van der Waals surface area contributed by atoms with E-state index in [1.54, 1.807) is 12.1 Å². The fraction of sp³-hybridized carbons (Fsp3) is 0.462. The number of nitrogens with one attached hydrogen (secondary N) is 1. The minimum Gasteiger partial charge on any atom is -0.434 e. The maximum atomic E-state index is 12.3. The molecule has 0 saturated carbocycles. The number of carbonyl (C=O) groups excluding carboxylic acids is 1. The molecule has 19 heavy (non-hydrogen) atoms. The smallest absolute Gasteiger partial charge is 0.387 e. The van der Waals surface area contributed by atoms with Crippen molar-refractivity contribution < 1.29 is 18.3 Å². The van der Waals surface area contributed by atoms with Crippen LogP contribution in [0, 0.1) is 5.92 Å². The number of ether oxygens (including phenoxy) is 1. The van der Waals surface area contributed by atoms with Gasteiger partial charge in [-0.15, -0.1) is 0 Å². The zero-order valence-corrected chi connectivity index (χ0v) is 12.3. The molecule has 1 unspecified atom stereocenters. The van der Waals surface area contributed by atoms with Crippen molar-refractivity contribution in [1.82, 2.24) is 5.32 Å². The normalized spacial score (nSPS) is 12.6. The molecule has 6 heteroatoms. The number of benzene rings is 1. The standard InChI is InChI=1S/C13H16BrF2NO2/c1-8(2)10(7-14)17-12(18)9-5-3-4-6-11(9)19-13(15)16/h3-6,8,10,13H,7H2,1-2H3,(H,17,18). The maximum Gasteiger partial charge on any atom is 0.387 e. The lowest BCUT2D eigenvalue weighted by atomic mass is 10.1. The van der Waals surface area contributed by atoms with Gasteiger partial charge in [-0.05, 0) is 18.1 Å². The van der Waals surface area contributed by atoms with Crippen LogP contribution in [0.2, 0.25) is 0 Å². The molecule has 0 heterocycles. The van der Waals surface area contributed by atoms with Gasteiger partial charge in [0.2, 0.25) is 0 Å². The fourth-order valence-electron chi connectivity index (χ4n) is 1.48. The molecule has 106 valence electrons. The van der Waals surface area contributed by atoms with Gasteiger partial charge in [-0.3, -0.25) is 4.79 Å². The summed E-state index contributed by atoms with van der Waals surface area (Å²) in [6.45, 7) is 0.979. The van der Waals surface area contributed by atoms with E-state index in [9.17, 15) is 13.6 Å². The monoisotopic (exact) mass is 335 g/mol. The highest BCUT2D eigenvalue weighted by Gasteiger charge is 2.19. The van der Waals surface area contributed by atoms with E-state index in [0.29, 0.717) is 5.33 Å². The molecule has 1 aromatic rings. The number of hydrogen-bond donors (Lipinski definition) is 1. The number of amides is 1. The van der Waals surface area contributed by atoms with Gasteiger partial charge in [0.1, 0.15) is 5.75 Å². The van der Waals surface area contributed by atoms with Crippen molar-refractivity contribution in [3.8, 4) is 5.75 Å². The van der Waals surface area contributed by atoms with Crippen LogP contribution in [0.15, 0.2) is 24.3 Å². The molecule has 0 saturated heterocycles. The van der Waals surface area contributed by atoms with E-state index in [1.165, 1.54) is 12.1 Å². The highest BCUT2D eigenvalue weighted by Crippen LogP contribution is 2.20. The summed E-state index contributed by atoms with van der Waals surface area (Å²) in [6, 6.07) is 5.87. The van der Waals surface area contributed by atoms with E-state index in [4.69, 9.17) is 0 Å². The SMILES string of the molecule is CC(C)C(CBr)NC(=O)c1ccccc1OC(F)F. The average molecular weight is 336 g/mol.